The number of piperazine rings is 1. The first-order chi connectivity index (χ1) is 21.4. The number of methoxy groups -OCH3 is 1. The van der Waals surface area contributed by atoms with Crippen molar-refractivity contribution in [1.29, 1.82) is 0 Å². The second kappa shape index (κ2) is 13.1. The van der Waals surface area contributed by atoms with Crippen LogP contribution in [0.25, 0.3) is 0 Å². The number of nitrogens with zero attached hydrogens (tertiary/aromatic N) is 2. The molecule has 4 heterocycles. The van der Waals surface area contributed by atoms with E-state index in [9.17, 15) is 14.4 Å². The maximum Gasteiger partial charge on any atom is 0.323 e. The molecule has 0 bridgehead atoms. The molecule has 2 aliphatic rings. The molecule has 3 amide bonds. The van der Waals surface area contributed by atoms with Gasteiger partial charge in [-0.2, -0.15) is 0 Å². The highest BCUT2D eigenvalue weighted by atomic mass is 35.5. The predicted octanol–water partition coefficient (Wildman–Crippen LogP) is 6.45. The molecule has 11 heteroatoms. The van der Waals surface area contributed by atoms with Gasteiger partial charge in [-0.25, -0.2) is 4.79 Å². The zero-order chi connectivity index (χ0) is 30.8. The number of likely N-dealkylation sites (tertiary alicyclic amines) is 1. The minimum absolute atomic E-state index is 0.152. The number of carbonyl (C=O) groups is 3. The smallest absolute Gasteiger partial charge is 0.323 e. The van der Waals surface area contributed by atoms with Gasteiger partial charge in [-0.05, 0) is 65.9 Å². The normalized spacial score (nSPS) is 21.7. The van der Waals surface area contributed by atoms with Crippen LogP contribution in [0.5, 0.6) is 5.75 Å². The molecular weight excluding hydrogens is 616 g/mol. The Morgan fingerprint density at radius 1 is 1.00 bits per heavy atom. The highest BCUT2D eigenvalue weighted by molar-refractivity contribution is 7.18. The average Bonchev–Trinajstić information content (AvgIpc) is 3.77. The molecule has 0 spiro atoms. The number of Topliss-reactive ketones (excluding diaryl/α,β-unsaturated/α-hetero) is 1. The predicted molar refractivity (Wildman–Crippen MR) is 175 cm³/mol. The second-order valence-corrected chi connectivity index (χ2v) is 13.6. The van der Waals surface area contributed by atoms with Crippen molar-refractivity contribution in [2.75, 3.05) is 38.6 Å². The molecule has 2 aromatic heterocycles. The van der Waals surface area contributed by atoms with Gasteiger partial charge in [-0.3, -0.25) is 9.59 Å². The Balaban J connectivity index is 1.58. The molecule has 4 aromatic rings. The Bertz CT molecular complexity index is 1650. The molecule has 2 N–H and O–H groups in total. The van der Waals surface area contributed by atoms with E-state index in [-0.39, 0.29) is 11.7 Å². The number of amides is 3. The van der Waals surface area contributed by atoms with Gasteiger partial charge in [0.15, 0.2) is 5.78 Å². The summed E-state index contributed by atoms with van der Waals surface area (Å²) in [5, 5.41) is 8.31. The lowest BCUT2D eigenvalue weighted by Gasteiger charge is -2.36. The number of rotatable bonds is 7. The molecule has 4 atom stereocenters. The Labute approximate surface area is 269 Å². The summed E-state index contributed by atoms with van der Waals surface area (Å²) in [6.07, 6.45) is 0. The number of nitrogens with one attached hydrogen (secondary N) is 2. The van der Waals surface area contributed by atoms with Gasteiger partial charge in [-0.1, -0.05) is 41.9 Å². The highest BCUT2D eigenvalue weighted by Gasteiger charge is 2.59. The maximum absolute atomic E-state index is 14.7. The van der Waals surface area contributed by atoms with E-state index >= 15 is 0 Å². The number of hydrogen-bond acceptors (Lipinski definition) is 7. The van der Waals surface area contributed by atoms with Crippen molar-refractivity contribution < 1.29 is 19.1 Å². The summed E-state index contributed by atoms with van der Waals surface area (Å²) in [7, 11) is 1.59. The van der Waals surface area contributed by atoms with Crippen molar-refractivity contribution >= 4 is 57.7 Å². The first-order valence-corrected chi connectivity index (χ1v) is 16.6. The van der Waals surface area contributed by atoms with E-state index in [0.717, 1.165) is 16.0 Å². The summed E-state index contributed by atoms with van der Waals surface area (Å²) in [6, 6.07) is 20.0. The van der Waals surface area contributed by atoms with E-state index in [1.807, 2.05) is 77.9 Å². The summed E-state index contributed by atoms with van der Waals surface area (Å²) < 4.78 is 6.09. The Kier molecular flexibility index (Phi) is 9.04. The molecule has 0 aliphatic carbocycles. The molecule has 8 nitrogen and oxygen atoms in total. The molecule has 44 heavy (non-hydrogen) atoms. The van der Waals surface area contributed by atoms with E-state index in [1.54, 1.807) is 24.1 Å². The van der Waals surface area contributed by atoms with Gasteiger partial charge in [0, 0.05) is 42.7 Å². The van der Waals surface area contributed by atoms with Gasteiger partial charge in [0.05, 0.1) is 28.3 Å². The number of ether oxygens (including phenoxy) is 1. The highest BCUT2D eigenvalue weighted by Crippen LogP contribution is 2.54. The van der Waals surface area contributed by atoms with E-state index in [4.69, 9.17) is 16.3 Å². The Hall–Kier alpha value is -3.70. The van der Waals surface area contributed by atoms with Gasteiger partial charge in [0.2, 0.25) is 5.91 Å². The molecule has 0 radical (unpaired) electrons. The molecular formula is C33H33ClN4O4S2. The van der Waals surface area contributed by atoms with E-state index < -0.39 is 30.0 Å². The van der Waals surface area contributed by atoms with Crippen LogP contribution in [0.15, 0.2) is 78.2 Å². The summed E-state index contributed by atoms with van der Waals surface area (Å²) in [4.78, 5) is 48.8. The third kappa shape index (κ3) is 5.87. The Morgan fingerprint density at radius 2 is 1.77 bits per heavy atom. The number of para-hydroxylation sites is 1. The van der Waals surface area contributed by atoms with Gasteiger partial charge in [-0.15, -0.1) is 22.7 Å². The van der Waals surface area contributed by atoms with E-state index in [0.29, 0.717) is 46.8 Å². The monoisotopic (exact) mass is 648 g/mol. The number of carbonyl (C=O) groups excluding carboxylic acids is 3. The van der Waals surface area contributed by atoms with Crippen molar-refractivity contribution in [3.05, 3.63) is 103 Å². The average molecular weight is 649 g/mol. The Morgan fingerprint density at radius 3 is 2.43 bits per heavy atom. The van der Waals surface area contributed by atoms with Crippen molar-refractivity contribution in [2.45, 2.75) is 24.9 Å². The van der Waals surface area contributed by atoms with Crippen LogP contribution in [-0.2, 0) is 4.79 Å². The first-order valence-electron chi connectivity index (χ1n) is 14.5. The van der Waals surface area contributed by atoms with Crippen LogP contribution >= 0.6 is 34.3 Å². The lowest BCUT2D eigenvalue weighted by atomic mass is 9.77. The third-order valence-corrected chi connectivity index (χ3v) is 10.7. The summed E-state index contributed by atoms with van der Waals surface area (Å²) >= 11 is 9.03. The molecule has 6 rings (SSSR count). The fraction of sp³-hybridized carbons (Fsp3) is 0.303. The molecule has 0 saturated carbocycles. The van der Waals surface area contributed by atoms with Crippen LogP contribution in [0.2, 0.25) is 4.34 Å². The fourth-order valence-electron chi connectivity index (χ4n) is 6.35. The zero-order valence-electron chi connectivity index (χ0n) is 24.4. The summed E-state index contributed by atoms with van der Waals surface area (Å²) in [5.41, 5.74) is 2.32. The molecule has 4 unspecified atom stereocenters. The SMILES string of the molecule is COc1cccc(C2C(C(=O)c3ccc(Cl)s3)C(c3sccc3C)N(C(=O)Nc3ccccc3)C2C(=O)N2CCNCC2)c1. The number of urea groups is 1. The van der Waals surface area contributed by atoms with Gasteiger partial charge < -0.3 is 25.2 Å². The topological polar surface area (TPSA) is 91.0 Å². The number of thiophene rings is 2. The molecule has 2 aromatic carbocycles. The molecule has 2 aliphatic heterocycles. The van der Waals surface area contributed by atoms with Gasteiger partial charge in [0.1, 0.15) is 11.8 Å². The molecule has 2 fully saturated rings. The number of ketones is 1. The van der Waals surface area contributed by atoms with Crippen molar-refractivity contribution in [3.63, 3.8) is 0 Å². The maximum atomic E-state index is 14.7. The second-order valence-electron chi connectivity index (χ2n) is 10.9. The first kappa shape index (κ1) is 30.3. The van der Waals surface area contributed by atoms with Gasteiger partial charge >= 0.3 is 6.03 Å². The minimum Gasteiger partial charge on any atom is -0.497 e. The quantitative estimate of drug-likeness (QED) is 0.225. The number of halogens is 1. The number of anilines is 1. The van der Waals surface area contributed by atoms with Crippen LogP contribution in [0.4, 0.5) is 10.5 Å². The van der Waals surface area contributed by atoms with Crippen molar-refractivity contribution in [1.82, 2.24) is 15.1 Å². The van der Waals surface area contributed by atoms with Crippen molar-refractivity contribution in [2.24, 2.45) is 5.92 Å². The fourth-order valence-corrected chi connectivity index (χ4v) is 8.46. The van der Waals surface area contributed by atoms with Crippen LogP contribution in [-0.4, -0.2) is 66.9 Å². The van der Waals surface area contributed by atoms with Crippen LogP contribution in [0.3, 0.4) is 0 Å². The van der Waals surface area contributed by atoms with Crippen LogP contribution < -0.4 is 15.4 Å². The lowest BCUT2D eigenvalue weighted by Crippen LogP contribution is -2.55. The van der Waals surface area contributed by atoms with Crippen LogP contribution in [0.1, 0.15) is 37.6 Å². The number of benzene rings is 2. The lowest BCUT2D eigenvalue weighted by molar-refractivity contribution is -0.136. The van der Waals surface area contributed by atoms with Gasteiger partial charge in [0.25, 0.3) is 0 Å². The van der Waals surface area contributed by atoms with E-state index in [1.165, 1.54) is 22.7 Å². The summed E-state index contributed by atoms with van der Waals surface area (Å²) in [6.45, 7) is 4.31. The molecule has 2 saturated heterocycles. The minimum atomic E-state index is -0.959. The number of hydrogen-bond donors (Lipinski definition) is 2. The molecule has 228 valence electrons. The number of aryl methyl sites for hydroxylation is 1. The third-order valence-electron chi connectivity index (χ3n) is 8.38. The largest absolute Gasteiger partial charge is 0.497 e. The zero-order valence-corrected chi connectivity index (χ0v) is 26.8. The van der Waals surface area contributed by atoms with E-state index in [2.05, 4.69) is 10.6 Å². The standard InChI is InChI=1S/C33H33ClN4O4S2/c1-20-13-18-43-31(20)28-27(30(39)24-11-12-25(34)44-24)26(21-7-6-10-23(19-21)42-2)29(32(40)37-16-14-35-15-17-37)38(28)33(41)36-22-8-4-3-5-9-22/h3-13,18-19,26-29,35H,14-17H2,1-2H3,(H,36,41). The van der Waals surface area contributed by atoms with Crippen LogP contribution in [0, 0.1) is 12.8 Å². The van der Waals surface area contributed by atoms with Crippen molar-refractivity contribution in [3.8, 4) is 5.75 Å². The summed E-state index contributed by atoms with van der Waals surface area (Å²) in [5.74, 6) is -1.15.